The van der Waals surface area contributed by atoms with Crippen LogP contribution >= 0.6 is 11.8 Å². The number of carbonyl (C=O) groups is 2. The van der Waals surface area contributed by atoms with Gasteiger partial charge in [-0.1, -0.05) is 96.2 Å². The van der Waals surface area contributed by atoms with Crippen molar-refractivity contribution in [1.29, 1.82) is 0 Å². The van der Waals surface area contributed by atoms with Gasteiger partial charge in [0.15, 0.2) is 18.5 Å². The van der Waals surface area contributed by atoms with E-state index in [9.17, 15) is 9.59 Å². The highest BCUT2D eigenvalue weighted by molar-refractivity contribution is 7.99. The molecule has 0 spiro atoms. The number of carbonyl (C=O) groups excluding carboxylic acids is 2. The number of hydrogen-bond donors (Lipinski definition) is 0. The van der Waals surface area contributed by atoms with Gasteiger partial charge in [0.25, 0.3) is 0 Å². The predicted octanol–water partition coefficient (Wildman–Crippen LogP) is 6.38. The first-order valence-electron chi connectivity index (χ1n) is 13.8. The fourth-order valence-corrected chi connectivity index (χ4v) is 6.07. The van der Waals surface area contributed by atoms with Crippen molar-refractivity contribution in [2.24, 2.45) is 0 Å². The van der Waals surface area contributed by atoms with E-state index in [4.69, 9.17) is 23.7 Å². The van der Waals surface area contributed by atoms with Crippen molar-refractivity contribution in [2.75, 3.05) is 6.61 Å². The molecule has 2 fully saturated rings. The molecule has 214 valence electrons. The van der Waals surface area contributed by atoms with Crippen LogP contribution in [-0.2, 0) is 23.7 Å². The number of esters is 2. The molecular weight excluding hydrogens is 552 g/mol. The Bertz CT molecular complexity index is 1480. The lowest BCUT2D eigenvalue weighted by atomic mass is 9.98. The summed E-state index contributed by atoms with van der Waals surface area (Å²) in [4.78, 5) is 27.8. The van der Waals surface area contributed by atoms with Crippen LogP contribution in [0.3, 0.4) is 0 Å². The molecule has 0 radical (unpaired) electrons. The van der Waals surface area contributed by atoms with E-state index in [2.05, 4.69) is 0 Å². The Kier molecular flexibility index (Phi) is 8.67. The monoisotopic (exact) mass is 582 g/mol. The molecule has 4 aromatic rings. The minimum Gasteiger partial charge on any atom is -0.452 e. The van der Waals surface area contributed by atoms with Gasteiger partial charge in [-0.2, -0.15) is 0 Å². The van der Waals surface area contributed by atoms with Gasteiger partial charge in [0.2, 0.25) is 0 Å². The maximum Gasteiger partial charge on any atom is 0.338 e. The Morgan fingerprint density at radius 1 is 0.690 bits per heavy atom. The summed E-state index contributed by atoms with van der Waals surface area (Å²) in [6.45, 7) is 2.22. The summed E-state index contributed by atoms with van der Waals surface area (Å²) < 4.78 is 31.3. The number of benzene rings is 4. The molecule has 7 nitrogen and oxygen atoms in total. The molecule has 4 aromatic carbocycles. The molecule has 0 saturated carbocycles. The van der Waals surface area contributed by atoms with E-state index in [1.54, 1.807) is 48.5 Å². The smallest absolute Gasteiger partial charge is 0.338 e. The summed E-state index contributed by atoms with van der Waals surface area (Å²) in [5.41, 5.74) is 1.98. The summed E-state index contributed by atoms with van der Waals surface area (Å²) in [5, 5.41) is 0. The van der Waals surface area contributed by atoms with Crippen LogP contribution < -0.4 is 0 Å². The van der Waals surface area contributed by atoms with Gasteiger partial charge in [0, 0.05) is 10.5 Å². The molecule has 8 heteroatoms. The van der Waals surface area contributed by atoms with Gasteiger partial charge in [0.1, 0.15) is 17.6 Å². The Labute approximate surface area is 248 Å². The third-order valence-electron chi connectivity index (χ3n) is 7.13. The second-order valence-corrected chi connectivity index (χ2v) is 11.3. The average Bonchev–Trinajstić information content (AvgIpc) is 3.04. The molecule has 0 aliphatic carbocycles. The number of fused-ring (bicyclic) bond motifs is 1. The van der Waals surface area contributed by atoms with E-state index >= 15 is 0 Å². The van der Waals surface area contributed by atoms with Gasteiger partial charge in [-0.05, 0) is 43.3 Å². The molecule has 0 N–H and O–H groups in total. The van der Waals surface area contributed by atoms with Crippen LogP contribution in [0.5, 0.6) is 0 Å². The van der Waals surface area contributed by atoms with E-state index in [-0.39, 0.29) is 6.61 Å². The fourth-order valence-electron chi connectivity index (χ4n) is 4.96. The van der Waals surface area contributed by atoms with Gasteiger partial charge in [-0.25, -0.2) is 9.59 Å². The number of rotatable bonds is 7. The molecular formula is C34H30O7S. The number of hydrogen-bond acceptors (Lipinski definition) is 8. The maximum absolute atomic E-state index is 13.4. The first-order valence-corrected chi connectivity index (χ1v) is 14.7. The van der Waals surface area contributed by atoms with Crippen molar-refractivity contribution in [1.82, 2.24) is 0 Å². The highest BCUT2D eigenvalue weighted by atomic mass is 32.2. The van der Waals surface area contributed by atoms with Crippen LogP contribution in [0.25, 0.3) is 0 Å². The zero-order chi connectivity index (χ0) is 28.9. The lowest BCUT2D eigenvalue weighted by Gasteiger charge is -2.48. The number of aryl methyl sites for hydroxylation is 1. The molecule has 2 heterocycles. The molecule has 2 saturated heterocycles. The van der Waals surface area contributed by atoms with Gasteiger partial charge >= 0.3 is 11.9 Å². The third-order valence-corrected chi connectivity index (χ3v) is 8.29. The molecule has 42 heavy (non-hydrogen) atoms. The predicted molar refractivity (Wildman–Crippen MR) is 157 cm³/mol. The van der Waals surface area contributed by atoms with Gasteiger partial charge < -0.3 is 23.7 Å². The molecule has 2 aliphatic heterocycles. The van der Waals surface area contributed by atoms with Crippen LogP contribution in [0.1, 0.15) is 38.1 Å². The maximum atomic E-state index is 13.4. The van der Waals surface area contributed by atoms with Crippen LogP contribution in [0, 0.1) is 6.92 Å². The Hall–Kier alpha value is -3.95. The second kappa shape index (κ2) is 12.9. The second-order valence-electron chi connectivity index (χ2n) is 10.1. The molecule has 6 atom stereocenters. The van der Waals surface area contributed by atoms with Crippen molar-refractivity contribution in [3.05, 3.63) is 138 Å². The third kappa shape index (κ3) is 6.42. The van der Waals surface area contributed by atoms with Crippen LogP contribution in [0.15, 0.2) is 120 Å². The summed E-state index contributed by atoms with van der Waals surface area (Å²) in [6, 6.07) is 34.9. The molecule has 0 bridgehead atoms. The molecule has 0 amide bonds. The molecule has 0 aromatic heterocycles. The molecule has 6 rings (SSSR count). The van der Waals surface area contributed by atoms with Gasteiger partial charge in [-0.3, -0.25) is 0 Å². The number of ether oxygens (including phenoxy) is 5. The highest BCUT2D eigenvalue weighted by Crippen LogP contribution is 2.41. The van der Waals surface area contributed by atoms with Gasteiger partial charge in [-0.15, -0.1) is 0 Å². The summed E-state index contributed by atoms with van der Waals surface area (Å²) in [5.74, 6) is -1.10. The van der Waals surface area contributed by atoms with E-state index in [0.717, 1.165) is 16.0 Å². The summed E-state index contributed by atoms with van der Waals surface area (Å²) in [7, 11) is 0. The topological polar surface area (TPSA) is 80.3 Å². The lowest BCUT2D eigenvalue weighted by molar-refractivity contribution is -0.317. The van der Waals surface area contributed by atoms with Crippen LogP contribution in [0.4, 0.5) is 0 Å². The van der Waals surface area contributed by atoms with Crippen LogP contribution in [0.2, 0.25) is 0 Å². The van der Waals surface area contributed by atoms with Gasteiger partial charge in [0.05, 0.1) is 17.7 Å². The average molecular weight is 583 g/mol. The zero-order valence-corrected chi connectivity index (χ0v) is 23.7. The van der Waals surface area contributed by atoms with Crippen molar-refractivity contribution < 1.29 is 33.3 Å². The Morgan fingerprint density at radius 3 is 1.83 bits per heavy atom. The first-order chi connectivity index (χ1) is 20.5. The Balaban J connectivity index is 1.36. The van der Waals surface area contributed by atoms with Crippen molar-refractivity contribution in [2.45, 2.75) is 48.0 Å². The first kappa shape index (κ1) is 28.2. The largest absolute Gasteiger partial charge is 0.452 e. The molecule has 2 aliphatic rings. The highest BCUT2D eigenvalue weighted by Gasteiger charge is 2.54. The summed E-state index contributed by atoms with van der Waals surface area (Å²) >= 11 is 1.40. The van der Waals surface area contributed by atoms with E-state index in [0.29, 0.717) is 11.1 Å². The summed E-state index contributed by atoms with van der Waals surface area (Å²) in [6.07, 6.45) is -4.02. The van der Waals surface area contributed by atoms with Crippen LogP contribution in [-0.4, -0.2) is 48.4 Å². The minimum atomic E-state index is -0.993. The van der Waals surface area contributed by atoms with Crippen molar-refractivity contribution in [3.63, 3.8) is 0 Å². The lowest BCUT2D eigenvalue weighted by Crippen LogP contribution is -2.63. The van der Waals surface area contributed by atoms with E-state index < -0.39 is 48.1 Å². The van der Waals surface area contributed by atoms with Crippen molar-refractivity contribution in [3.8, 4) is 0 Å². The Morgan fingerprint density at radius 2 is 1.24 bits per heavy atom. The minimum absolute atomic E-state index is 0.202. The van der Waals surface area contributed by atoms with Crippen molar-refractivity contribution >= 4 is 23.7 Å². The van der Waals surface area contributed by atoms with E-state index in [1.807, 2.05) is 73.7 Å². The van der Waals surface area contributed by atoms with E-state index in [1.165, 1.54) is 11.8 Å². The number of thioether (sulfide) groups is 1. The SMILES string of the molecule is Cc1ccc(SC2OC3COC(c4ccccc4)OC3C(OC(=O)c3ccccc3)C2OC(=O)c2ccccc2)cc1. The fraction of sp³-hybridized carbons (Fsp3) is 0.235. The normalized spacial score (nSPS) is 25.2. The molecule has 6 unspecified atom stereocenters. The quantitative estimate of drug-likeness (QED) is 0.232. The zero-order valence-electron chi connectivity index (χ0n) is 22.9. The standard InChI is InChI=1S/C34H30O7S/c1-22-17-19-26(20-18-22)42-34-30(40-32(36)24-13-7-3-8-14-24)29(39-31(35)23-11-5-2-6-12-23)28-27(38-34)21-37-33(41-28)25-15-9-4-10-16-25/h2-20,27-30,33-34H,21H2,1H3.